The first-order chi connectivity index (χ1) is 13.7. The minimum absolute atomic E-state index is 0.00562. The van der Waals surface area contributed by atoms with E-state index in [1.165, 1.54) is 28.1 Å². The molecule has 0 fully saturated rings. The number of aliphatic imine (C=N–C) groups is 1. The smallest absolute Gasteiger partial charge is 0.258 e. The van der Waals surface area contributed by atoms with Crippen molar-refractivity contribution in [3.8, 4) is 0 Å². The van der Waals surface area contributed by atoms with Gasteiger partial charge in [0.25, 0.3) is 5.91 Å². The van der Waals surface area contributed by atoms with Crippen LogP contribution < -0.4 is 0 Å². The van der Waals surface area contributed by atoms with Crippen LogP contribution in [0.2, 0.25) is 5.02 Å². The van der Waals surface area contributed by atoms with Crippen molar-refractivity contribution in [2.45, 2.75) is 12.5 Å². The Balaban J connectivity index is 1.61. The Bertz CT molecular complexity index is 1130. The Morgan fingerprint density at radius 2 is 1.79 bits per heavy atom. The SMILES string of the molecule is O=C1CSC(N2N=C(c3ccc(Cl)cc3)CC2c2cccc3ccccc23)=N1. The molecule has 0 radical (unpaired) electrons. The average molecular weight is 406 g/mol. The molecule has 1 amide bonds. The van der Waals surface area contributed by atoms with Crippen LogP contribution >= 0.6 is 23.4 Å². The average Bonchev–Trinajstić information content (AvgIpc) is 3.34. The zero-order valence-corrected chi connectivity index (χ0v) is 16.5. The number of thioether (sulfide) groups is 1. The largest absolute Gasteiger partial charge is 0.272 e. The van der Waals surface area contributed by atoms with Gasteiger partial charge in [0.1, 0.15) is 0 Å². The maximum Gasteiger partial charge on any atom is 0.258 e. The fourth-order valence-electron chi connectivity index (χ4n) is 3.70. The summed E-state index contributed by atoms with van der Waals surface area (Å²) >= 11 is 7.50. The highest BCUT2D eigenvalue weighted by Crippen LogP contribution is 2.39. The second-order valence-corrected chi connectivity index (χ2v) is 8.14. The summed E-state index contributed by atoms with van der Waals surface area (Å²) in [5, 5.41) is 10.6. The molecule has 2 heterocycles. The molecule has 3 aromatic rings. The third kappa shape index (κ3) is 3.11. The molecule has 2 aliphatic heterocycles. The number of hydrogen-bond donors (Lipinski definition) is 0. The van der Waals surface area contributed by atoms with Crippen LogP contribution in [-0.2, 0) is 4.79 Å². The Kier molecular flexibility index (Phi) is 4.41. The molecular weight excluding hydrogens is 390 g/mol. The molecule has 0 aromatic heterocycles. The summed E-state index contributed by atoms with van der Waals surface area (Å²) in [6.07, 6.45) is 0.739. The van der Waals surface area contributed by atoms with E-state index >= 15 is 0 Å². The van der Waals surface area contributed by atoms with E-state index in [0.717, 1.165) is 17.7 Å². The quantitative estimate of drug-likeness (QED) is 0.583. The summed E-state index contributed by atoms with van der Waals surface area (Å²) < 4.78 is 0. The second kappa shape index (κ2) is 7.08. The van der Waals surface area contributed by atoms with Gasteiger partial charge in [0.05, 0.1) is 17.5 Å². The molecule has 2 aliphatic rings. The Labute approximate surface area is 171 Å². The standard InChI is InChI=1S/C22H16ClN3OS/c23-16-10-8-15(9-11-16)19-12-20(26(25-19)22-24-21(27)13-28-22)18-7-3-5-14-4-1-2-6-17(14)18/h1-11,20H,12-13H2. The molecule has 0 N–H and O–H groups in total. The fraction of sp³-hybridized carbons (Fsp3) is 0.136. The van der Waals surface area contributed by atoms with E-state index < -0.39 is 0 Å². The third-order valence-corrected chi connectivity index (χ3v) is 6.19. The van der Waals surface area contributed by atoms with Crippen LogP contribution in [0.1, 0.15) is 23.6 Å². The van der Waals surface area contributed by atoms with Gasteiger partial charge in [-0.3, -0.25) is 4.79 Å². The molecule has 0 saturated heterocycles. The number of halogens is 1. The van der Waals surface area contributed by atoms with Gasteiger partial charge in [-0.2, -0.15) is 10.1 Å². The third-order valence-electron chi connectivity index (χ3n) is 5.01. The van der Waals surface area contributed by atoms with Gasteiger partial charge < -0.3 is 0 Å². The van der Waals surface area contributed by atoms with E-state index in [-0.39, 0.29) is 11.9 Å². The Morgan fingerprint density at radius 3 is 2.57 bits per heavy atom. The van der Waals surface area contributed by atoms with Crippen molar-refractivity contribution in [2.24, 2.45) is 10.1 Å². The van der Waals surface area contributed by atoms with Crippen molar-refractivity contribution >= 4 is 50.9 Å². The van der Waals surface area contributed by atoms with Crippen molar-refractivity contribution in [3.05, 3.63) is 82.9 Å². The van der Waals surface area contributed by atoms with Gasteiger partial charge in [-0.25, -0.2) is 5.01 Å². The minimum atomic E-state index is -0.105. The van der Waals surface area contributed by atoms with E-state index in [4.69, 9.17) is 16.7 Å². The van der Waals surface area contributed by atoms with Crippen molar-refractivity contribution in [2.75, 3.05) is 5.75 Å². The first-order valence-corrected chi connectivity index (χ1v) is 10.4. The Hall–Kier alpha value is -2.63. The number of rotatable bonds is 2. The summed E-state index contributed by atoms with van der Waals surface area (Å²) in [6, 6.07) is 22.4. The van der Waals surface area contributed by atoms with Gasteiger partial charge in [0.15, 0.2) is 5.17 Å². The molecule has 138 valence electrons. The summed E-state index contributed by atoms with van der Waals surface area (Å²) in [6.45, 7) is 0. The van der Waals surface area contributed by atoms with E-state index in [1.807, 2.05) is 35.3 Å². The first-order valence-electron chi connectivity index (χ1n) is 9.04. The lowest BCUT2D eigenvalue weighted by molar-refractivity contribution is -0.115. The van der Waals surface area contributed by atoms with Crippen LogP contribution in [0.3, 0.4) is 0 Å². The van der Waals surface area contributed by atoms with E-state index in [0.29, 0.717) is 15.9 Å². The summed E-state index contributed by atoms with van der Waals surface area (Å²) in [5.74, 6) is 0.270. The maximum absolute atomic E-state index is 11.8. The molecule has 3 aromatic carbocycles. The van der Waals surface area contributed by atoms with Crippen molar-refractivity contribution in [1.82, 2.24) is 5.01 Å². The maximum atomic E-state index is 11.8. The normalized spacial score (nSPS) is 19.2. The van der Waals surface area contributed by atoms with Crippen LogP contribution in [0.4, 0.5) is 0 Å². The minimum Gasteiger partial charge on any atom is -0.272 e. The van der Waals surface area contributed by atoms with Crippen LogP contribution in [-0.4, -0.2) is 27.5 Å². The topological polar surface area (TPSA) is 45.0 Å². The van der Waals surface area contributed by atoms with Gasteiger partial charge in [0, 0.05) is 11.4 Å². The molecule has 1 atom stereocenters. The molecule has 1 unspecified atom stereocenters. The molecule has 6 heteroatoms. The number of hydrogen-bond acceptors (Lipinski definition) is 4. The number of nitrogens with zero attached hydrogens (tertiary/aromatic N) is 3. The number of benzene rings is 3. The van der Waals surface area contributed by atoms with Gasteiger partial charge in [-0.1, -0.05) is 78.0 Å². The predicted molar refractivity (Wildman–Crippen MR) is 116 cm³/mol. The number of hydrazone groups is 1. The Morgan fingerprint density at radius 1 is 1.00 bits per heavy atom. The highest BCUT2D eigenvalue weighted by molar-refractivity contribution is 8.14. The fourth-order valence-corrected chi connectivity index (χ4v) is 4.61. The summed E-state index contributed by atoms with van der Waals surface area (Å²) in [4.78, 5) is 16.0. The zero-order valence-electron chi connectivity index (χ0n) is 14.9. The second-order valence-electron chi connectivity index (χ2n) is 6.76. The lowest BCUT2D eigenvalue weighted by Crippen LogP contribution is -2.24. The summed E-state index contributed by atoms with van der Waals surface area (Å²) in [5.41, 5.74) is 3.19. The van der Waals surface area contributed by atoms with Gasteiger partial charge >= 0.3 is 0 Å². The van der Waals surface area contributed by atoms with Crippen molar-refractivity contribution in [1.29, 1.82) is 0 Å². The molecule has 4 nitrogen and oxygen atoms in total. The molecule has 28 heavy (non-hydrogen) atoms. The highest BCUT2D eigenvalue weighted by Gasteiger charge is 2.35. The molecular formula is C22H16ClN3OS. The molecule has 0 spiro atoms. The lowest BCUT2D eigenvalue weighted by atomic mass is 9.94. The van der Waals surface area contributed by atoms with Gasteiger partial charge in [-0.15, -0.1) is 0 Å². The van der Waals surface area contributed by atoms with Crippen molar-refractivity contribution in [3.63, 3.8) is 0 Å². The van der Waals surface area contributed by atoms with Crippen LogP contribution in [0, 0.1) is 0 Å². The van der Waals surface area contributed by atoms with E-state index in [2.05, 4.69) is 41.4 Å². The number of amides is 1. The molecule has 5 rings (SSSR count). The number of fused-ring (bicyclic) bond motifs is 1. The van der Waals surface area contributed by atoms with Crippen LogP contribution in [0.15, 0.2) is 76.8 Å². The van der Waals surface area contributed by atoms with Gasteiger partial charge in [-0.05, 0) is 34.0 Å². The number of carbonyl (C=O) groups excluding carboxylic acids is 1. The first kappa shape index (κ1) is 17.5. The van der Waals surface area contributed by atoms with Crippen LogP contribution in [0.5, 0.6) is 0 Å². The highest BCUT2D eigenvalue weighted by atomic mass is 35.5. The molecule has 0 aliphatic carbocycles. The van der Waals surface area contributed by atoms with E-state index in [9.17, 15) is 4.79 Å². The monoisotopic (exact) mass is 405 g/mol. The number of carbonyl (C=O) groups is 1. The lowest BCUT2D eigenvalue weighted by Gasteiger charge is -2.24. The predicted octanol–water partition coefficient (Wildman–Crippen LogP) is 5.27. The molecule has 0 saturated carbocycles. The van der Waals surface area contributed by atoms with Gasteiger partial charge in [0.2, 0.25) is 0 Å². The van der Waals surface area contributed by atoms with E-state index in [1.54, 1.807) is 0 Å². The number of amidine groups is 1. The zero-order chi connectivity index (χ0) is 19.1. The van der Waals surface area contributed by atoms with Crippen LogP contribution in [0.25, 0.3) is 10.8 Å². The molecule has 0 bridgehead atoms. The summed E-state index contributed by atoms with van der Waals surface area (Å²) in [7, 11) is 0. The van der Waals surface area contributed by atoms with Crippen molar-refractivity contribution < 1.29 is 4.79 Å².